The van der Waals surface area contributed by atoms with Crippen LogP contribution in [0.4, 0.5) is 5.82 Å². The van der Waals surface area contributed by atoms with E-state index in [0.717, 1.165) is 57.5 Å². The van der Waals surface area contributed by atoms with E-state index in [0.29, 0.717) is 6.54 Å². The van der Waals surface area contributed by atoms with Crippen molar-refractivity contribution in [3.8, 4) is 0 Å². The summed E-state index contributed by atoms with van der Waals surface area (Å²) in [5.74, 6) is 1.94. The van der Waals surface area contributed by atoms with Crippen LogP contribution in [-0.4, -0.2) is 62.2 Å². The molecule has 7 heteroatoms. The van der Waals surface area contributed by atoms with Gasteiger partial charge in [0.2, 0.25) is 0 Å². The van der Waals surface area contributed by atoms with Gasteiger partial charge >= 0.3 is 0 Å². The lowest BCUT2D eigenvalue weighted by Gasteiger charge is -2.34. The molecule has 2 aromatic rings. The Labute approximate surface area is 166 Å². The lowest BCUT2D eigenvalue weighted by molar-refractivity contribution is 0.312. The fourth-order valence-corrected chi connectivity index (χ4v) is 3.83. The fourth-order valence-electron chi connectivity index (χ4n) is 3.12. The summed E-state index contributed by atoms with van der Waals surface area (Å²) < 4.78 is 0. The van der Waals surface area contributed by atoms with Crippen LogP contribution >= 0.6 is 11.3 Å². The number of guanidine groups is 1. The summed E-state index contributed by atoms with van der Waals surface area (Å²) in [5, 5.41) is 8.90. The molecule has 0 aromatic carbocycles. The van der Waals surface area contributed by atoms with Crippen LogP contribution in [0.3, 0.4) is 0 Å². The van der Waals surface area contributed by atoms with Gasteiger partial charge in [0.1, 0.15) is 5.82 Å². The Balaban J connectivity index is 1.61. The second-order valence-corrected chi connectivity index (χ2v) is 7.76. The predicted molar refractivity (Wildman–Crippen MR) is 115 cm³/mol. The number of aromatic nitrogens is 1. The van der Waals surface area contributed by atoms with Gasteiger partial charge in [-0.1, -0.05) is 12.1 Å². The van der Waals surface area contributed by atoms with Crippen molar-refractivity contribution < 1.29 is 0 Å². The van der Waals surface area contributed by atoms with E-state index in [-0.39, 0.29) is 0 Å². The maximum atomic E-state index is 4.79. The number of nitrogens with one attached hydrogen (secondary N) is 2. The third-order valence-corrected chi connectivity index (χ3v) is 5.60. The van der Waals surface area contributed by atoms with Crippen molar-refractivity contribution in [1.29, 1.82) is 0 Å². The van der Waals surface area contributed by atoms with Crippen LogP contribution in [0.5, 0.6) is 0 Å². The van der Waals surface area contributed by atoms with Gasteiger partial charge in [-0.15, -0.1) is 11.3 Å². The average Bonchev–Trinajstić information content (AvgIpc) is 3.20. The zero-order valence-electron chi connectivity index (χ0n) is 16.3. The first-order valence-corrected chi connectivity index (χ1v) is 10.6. The number of thiophene rings is 1. The zero-order valence-corrected chi connectivity index (χ0v) is 17.1. The third-order valence-electron chi connectivity index (χ3n) is 4.67. The standard InChI is InChI=1S/C20H30N6S/c1-3-21-20(23-10-8-18-7-5-15-27-18)24-16-17-6-4-9-22-19(17)26-13-11-25(2)12-14-26/h4-7,9,15H,3,8,10-14,16H2,1-2H3,(H2,21,23,24). The predicted octanol–water partition coefficient (Wildman–Crippen LogP) is 2.19. The Morgan fingerprint density at radius 2 is 2.04 bits per heavy atom. The number of rotatable bonds is 7. The first-order chi connectivity index (χ1) is 13.3. The minimum Gasteiger partial charge on any atom is -0.357 e. The monoisotopic (exact) mass is 386 g/mol. The van der Waals surface area contributed by atoms with E-state index < -0.39 is 0 Å². The number of anilines is 1. The van der Waals surface area contributed by atoms with Gasteiger partial charge < -0.3 is 20.4 Å². The molecule has 1 aliphatic rings. The highest BCUT2D eigenvalue weighted by Gasteiger charge is 2.17. The summed E-state index contributed by atoms with van der Waals surface area (Å²) in [4.78, 5) is 15.6. The lowest BCUT2D eigenvalue weighted by Crippen LogP contribution is -2.45. The number of nitrogens with zero attached hydrogens (tertiary/aromatic N) is 4. The number of pyridine rings is 1. The molecule has 0 spiro atoms. The summed E-state index contributed by atoms with van der Waals surface area (Å²) in [6, 6.07) is 8.41. The maximum absolute atomic E-state index is 4.79. The highest BCUT2D eigenvalue weighted by atomic mass is 32.1. The summed E-state index contributed by atoms with van der Waals surface area (Å²) in [6.07, 6.45) is 2.90. The van der Waals surface area contributed by atoms with Gasteiger partial charge in [-0.3, -0.25) is 0 Å². The van der Waals surface area contributed by atoms with E-state index >= 15 is 0 Å². The largest absolute Gasteiger partial charge is 0.357 e. The van der Waals surface area contributed by atoms with E-state index in [1.165, 1.54) is 10.4 Å². The van der Waals surface area contributed by atoms with Crippen LogP contribution in [0.15, 0.2) is 40.8 Å². The molecule has 3 rings (SSSR count). The Kier molecular flexibility index (Phi) is 7.47. The molecule has 27 heavy (non-hydrogen) atoms. The molecule has 6 nitrogen and oxygen atoms in total. The molecule has 146 valence electrons. The maximum Gasteiger partial charge on any atom is 0.191 e. The Morgan fingerprint density at radius 3 is 2.78 bits per heavy atom. The van der Waals surface area contributed by atoms with Crippen LogP contribution in [0, 0.1) is 0 Å². The molecule has 1 aliphatic heterocycles. The molecule has 1 saturated heterocycles. The van der Waals surface area contributed by atoms with Crippen LogP contribution < -0.4 is 15.5 Å². The van der Waals surface area contributed by atoms with Gasteiger partial charge in [0.05, 0.1) is 6.54 Å². The van der Waals surface area contributed by atoms with Crippen molar-refractivity contribution in [1.82, 2.24) is 20.5 Å². The van der Waals surface area contributed by atoms with Gasteiger partial charge in [0, 0.05) is 55.9 Å². The molecule has 0 aliphatic carbocycles. The van der Waals surface area contributed by atoms with Crippen LogP contribution in [-0.2, 0) is 13.0 Å². The number of hydrogen-bond acceptors (Lipinski definition) is 5. The normalized spacial score (nSPS) is 15.8. The van der Waals surface area contributed by atoms with Crippen LogP contribution in [0.25, 0.3) is 0 Å². The summed E-state index contributed by atoms with van der Waals surface area (Å²) >= 11 is 1.80. The first kappa shape index (κ1) is 19.6. The lowest BCUT2D eigenvalue weighted by atomic mass is 10.2. The zero-order chi connectivity index (χ0) is 18.9. The number of piperazine rings is 1. The highest BCUT2D eigenvalue weighted by molar-refractivity contribution is 7.09. The summed E-state index contributed by atoms with van der Waals surface area (Å²) in [7, 11) is 2.17. The molecule has 3 heterocycles. The SMILES string of the molecule is CCNC(=NCc1cccnc1N1CCN(C)CC1)NCCc1cccs1. The molecule has 0 bridgehead atoms. The third kappa shape index (κ3) is 5.94. The van der Waals surface area contributed by atoms with E-state index in [4.69, 9.17) is 4.99 Å². The molecular weight excluding hydrogens is 356 g/mol. The van der Waals surface area contributed by atoms with Crippen molar-refractivity contribution in [3.63, 3.8) is 0 Å². The summed E-state index contributed by atoms with van der Waals surface area (Å²) in [5.41, 5.74) is 1.18. The molecule has 0 unspecified atom stereocenters. The van der Waals surface area contributed by atoms with Gasteiger partial charge in [-0.25, -0.2) is 9.98 Å². The number of hydrogen-bond donors (Lipinski definition) is 2. The minimum atomic E-state index is 0.629. The van der Waals surface area contributed by atoms with Crippen LogP contribution in [0.1, 0.15) is 17.4 Å². The Hall–Kier alpha value is -2.12. The molecule has 2 aromatic heterocycles. The van der Waals surface area contributed by atoms with Gasteiger partial charge in [-0.05, 0) is 37.9 Å². The van der Waals surface area contributed by atoms with Crippen molar-refractivity contribution >= 4 is 23.1 Å². The van der Waals surface area contributed by atoms with Gasteiger partial charge in [-0.2, -0.15) is 0 Å². The first-order valence-electron chi connectivity index (χ1n) is 9.68. The topological polar surface area (TPSA) is 55.8 Å². The second-order valence-electron chi connectivity index (χ2n) is 6.73. The quantitative estimate of drug-likeness (QED) is 0.564. The van der Waals surface area contributed by atoms with Crippen molar-refractivity contribution in [2.75, 3.05) is 51.2 Å². The number of likely N-dealkylation sites (N-methyl/N-ethyl adjacent to an activating group) is 1. The smallest absolute Gasteiger partial charge is 0.191 e. The molecular formula is C20H30N6S. The molecule has 2 N–H and O–H groups in total. The Bertz CT molecular complexity index is 707. The minimum absolute atomic E-state index is 0.629. The average molecular weight is 387 g/mol. The molecule has 0 saturated carbocycles. The van der Waals surface area contributed by atoms with Gasteiger partial charge in [0.15, 0.2) is 5.96 Å². The summed E-state index contributed by atoms with van der Waals surface area (Å²) in [6.45, 7) is 8.64. The van der Waals surface area contributed by atoms with Crippen LogP contribution in [0.2, 0.25) is 0 Å². The van der Waals surface area contributed by atoms with E-state index in [2.05, 4.69) is 63.0 Å². The molecule has 0 radical (unpaired) electrons. The fraction of sp³-hybridized carbons (Fsp3) is 0.500. The second kappa shape index (κ2) is 10.3. The van der Waals surface area contributed by atoms with Crippen molar-refractivity contribution in [2.45, 2.75) is 19.9 Å². The Morgan fingerprint density at radius 1 is 1.19 bits per heavy atom. The van der Waals surface area contributed by atoms with Gasteiger partial charge in [0.25, 0.3) is 0 Å². The highest BCUT2D eigenvalue weighted by Crippen LogP contribution is 2.19. The van der Waals surface area contributed by atoms with E-state index in [9.17, 15) is 0 Å². The van der Waals surface area contributed by atoms with E-state index in [1.807, 2.05) is 12.3 Å². The van der Waals surface area contributed by atoms with Crippen molar-refractivity contribution in [3.05, 3.63) is 46.3 Å². The molecule has 0 amide bonds. The molecule has 0 atom stereocenters. The number of aliphatic imine (C=N–C) groups is 1. The van der Waals surface area contributed by atoms with Crippen molar-refractivity contribution in [2.24, 2.45) is 4.99 Å². The molecule has 1 fully saturated rings. The van der Waals surface area contributed by atoms with E-state index in [1.54, 1.807) is 11.3 Å².